The largest absolute Gasteiger partial charge is 0.342 e. The minimum atomic E-state index is -0.0913. The van der Waals surface area contributed by atoms with Gasteiger partial charge in [-0.05, 0) is 18.1 Å². The molecular formula is C14H19N3O2. The van der Waals surface area contributed by atoms with E-state index in [1.165, 1.54) is 0 Å². The standard InChI is InChI=1S/C14H19N3O2/c1-2-12-5-3-4-6-13(12)15-14(19)17-9-7-16(11-18)8-10-17/h3-6,11H,2,7-10H2,1H3,(H,15,19). The van der Waals surface area contributed by atoms with Crippen LogP contribution in [0, 0.1) is 0 Å². The summed E-state index contributed by atoms with van der Waals surface area (Å²) >= 11 is 0. The van der Waals surface area contributed by atoms with Crippen molar-refractivity contribution < 1.29 is 9.59 Å². The summed E-state index contributed by atoms with van der Waals surface area (Å²) in [6, 6.07) is 7.72. The molecule has 1 N–H and O–H groups in total. The maximum Gasteiger partial charge on any atom is 0.321 e. The van der Waals surface area contributed by atoms with Gasteiger partial charge in [0.1, 0.15) is 0 Å². The number of hydrogen-bond acceptors (Lipinski definition) is 2. The molecule has 0 saturated carbocycles. The molecule has 0 spiro atoms. The lowest BCUT2D eigenvalue weighted by molar-refractivity contribution is -0.119. The Bertz CT molecular complexity index is 454. The molecule has 102 valence electrons. The van der Waals surface area contributed by atoms with E-state index in [4.69, 9.17) is 0 Å². The fourth-order valence-electron chi connectivity index (χ4n) is 2.18. The summed E-state index contributed by atoms with van der Waals surface area (Å²) in [6.07, 6.45) is 1.72. The third kappa shape index (κ3) is 3.24. The number of piperazine rings is 1. The number of aryl methyl sites for hydroxylation is 1. The van der Waals surface area contributed by atoms with Crippen molar-refractivity contribution in [2.75, 3.05) is 31.5 Å². The van der Waals surface area contributed by atoms with E-state index in [0.29, 0.717) is 26.2 Å². The summed E-state index contributed by atoms with van der Waals surface area (Å²) in [7, 11) is 0. The highest BCUT2D eigenvalue weighted by atomic mass is 16.2. The van der Waals surface area contributed by atoms with Gasteiger partial charge in [0.25, 0.3) is 0 Å². The van der Waals surface area contributed by atoms with Gasteiger partial charge in [0.2, 0.25) is 6.41 Å². The van der Waals surface area contributed by atoms with Crippen LogP contribution in [0.25, 0.3) is 0 Å². The van der Waals surface area contributed by atoms with Crippen LogP contribution in [0.1, 0.15) is 12.5 Å². The molecule has 0 aliphatic carbocycles. The molecule has 0 bridgehead atoms. The van der Waals surface area contributed by atoms with Gasteiger partial charge >= 0.3 is 6.03 Å². The van der Waals surface area contributed by atoms with Gasteiger partial charge in [-0.25, -0.2) is 4.79 Å². The van der Waals surface area contributed by atoms with Gasteiger partial charge in [0.15, 0.2) is 0 Å². The van der Waals surface area contributed by atoms with Crippen molar-refractivity contribution >= 4 is 18.1 Å². The smallest absolute Gasteiger partial charge is 0.321 e. The van der Waals surface area contributed by atoms with E-state index >= 15 is 0 Å². The Kier molecular flexibility index (Phi) is 4.39. The summed E-state index contributed by atoms with van der Waals surface area (Å²) < 4.78 is 0. The van der Waals surface area contributed by atoms with Gasteiger partial charge in [-0.1, -0.05) is 25.1 Å². The van der Waals surface area contributed by atoms with E-state index in [-0.39, 0.29) is 6.03 Å². The van der Waals surface area contributed by atoms with Crippen molar-refractivity contribution in [1.82, 2.24) is 9.80 Å². The normalized spacial score (nSPS) is 15.2. The molecule has 19 heavy (non-hydrogen) atoms. The Balaban J connectivity index is 1.96. The second-order valence-electron chi connectivity index (χ2n) is 4.57. The maximum atomic E-state index is 12.1. The highest BCUT2D eigenvalue weighted by Gasteiger charge is 2.20. The SMILES string of the molecule is CCc1ccccc1NC(=O)N1CCN(C=O)CC1. The van der Waals surface area contributed by atoms with Gasteiger partial charge in [0, 0.05) is 31.9 Å². The van der Waals surface area contributed by atoms with E-state index in [1.807, 2.05) is 24.3 Å². The van der Waals surface area contributed by atoms with Crippen LogP contribution in [0.5, 0.6) is 0 Å². The van der Waals surface area contributed by atoms with Gasteiger partial charge < -0.3 is 15.1 Å². The lowest BCUT2D eigenvalue weighted by Gasteiger charge is -2.32. The first-order chi connectivity index (χ1) is 9.24. The predicted octanol–water partition coefficient (Wildman–Crippen LogP) is 1.55. The second kappa shape index (κ2) is 6.22. The number of urea groups is 1. The number of carbonyl (C=O) groups excluding carboxylic acids is 2. The minimum Gasteiger partial charge on any atom is -0.342 e. The zero-order chi connectivity index (χ0) is 13.7. The number of nitrogens with zero attached hydrogens (tertiary/aromatic N) is 2. The van der Waals surface area contributed by atoms with E-state index in [2.05, 4.69) is 12.2 Å². The fraction of sp³-hybridized carbons (Fsp3) is 0.429. The van der Waals surface area contributed by atoms with Gasteiger partial charge in [-0.15, -0.1) is 0 Å². The molecule has 1 aliphatic heterocycles. The van der Waals surface area contributed by atoms with Gasteiger partial charge in [0.05, 0.1) is 0 Å². The predicted molar refractivity (Wildman–Crippen MR) is 74.0 cm³/mol. The van der Waals surface area contributed by atoms with Crippen LogP contribution in [0.15, 0.2) is 24.3 Å². The first kappa shape index (κ1) is 13.4. The minimum absolute atomic E-state index is 0.0913. The first-order valence-electron chi connectivity index (χ1n) is 6.57. The molecule has 3 amide bonds. The first-order valence-corrected chi connectivity index (χ1v) is 6.57. The molecule has 0 radical (unpaired) electrons. The van der Waals surface area contributed by atoms with Crippen molar-refractivity contribution in [3.8, 4) is 0 Å². The van der Waals surface area contributed by atoms with E-state index in [0.717, 1.165) is 24.1 Å². The average Bonchev–Trinajstić information content (AvgIpc) is 2.48. The van der Waals surface area contributed by atoms with E-state index in [9.17, 15) is 9.59 Å². The third-order valence-corrected chi connectivity index (χ3v) is 3.39. The summed E-state index contributed by atoms with van der Waals surface area (Å²) in [5, 5.41) is 2.94. The second-order valence-corrected chi connectivity index (χ2v) is 4.57. The molecule has 2 rings (SSSR count). The van der Waals surface area contributed by atoms with Gasteiger partial charge in [-0.2, -0.15) is 0 Å². The monoisotopic (exact) mass is 261 g/mol. The Hall–Kier alpha value is -2.04. The molecule has 1 aliphatic rings. The number of rotatable bonds is 3. The number of hydrogen-bond donors (Lipinski definition) is 1. The van der Waals surface area contributed by atoms with Crippen molar-refractivity contribution in [2.24, 2.45) is 0 Å². The topological polar surface area (TPSA) is 52.7 Å². The summed E-state index contributed by atoms with van der Waals surface area (Å²) in [5.74, 6) is 0. The molecule has 1 aromatic rings. The number of carbonyl (C=O) groups is 2. The molecule has 5 heteroatoms. The Morgan fingerprint density at radius 2 is 1.95 bits per heavy atom. The number of anilines is 1. The van der Waals surface area contributed by atoms with Crippen LogP contribution in [-0.4, -0.2) is 48.4 Å². The number of benzene rings is 1. The number of amides is 3. The molecule has 1 saturated heterocycles. The third-order valence-electron chi connectivity index (χ3n) is 3.39. The van der Waals surface area contributed by atoms with Crippen LogP contribution < -0.4 is 5.32 Å². The summed E-state index contributed by atoms with van der Waals surface area (Å²) in [6.45, 7) is 4.43. The Morgan fingerprint density at radius 3 is 2.58 bits per heavy atom. The molecule has 0 unspecified atom stereocenters. The molecular weight excluding hydrogens is 242 g/mol. The van der Waals surface area contributed by atoms with Crippen LogP contribution >= 0.6 is 0 Å². The van der Waals surface area contributed by atoms with Crippen molar-refractivity contribution in [2.45, 2.75) is 13.3 Å². The number of para-hydroxylation sites is 1. The van der Waals surface area contributed by atoms with Crippen molar-refractivity contribution in [3.63, 3.8) is 0 Å². The lowest BCUT2D eigenvalue weighted by atomic mass is 10.1. The zero-order valence-electron chi connectivity index (χ0n) is 11.1. The molecule has 1 heterocycles. The van der Waals surface area contributed by atoms with Crippen molar-refractivity contribution in [1.29, 1.82) is 0 Å². The number of nitrogens with one attached hydrogen (secondary N) is 1. The Morgan fingerprint density at radius 1 is 1.26 bits per heavy atom. The lowest BCUT2D eigenvalue weighted by Crippen LogP contribution is -2.49. The van der Waals surface area contributed by atoms with Gasteiger partial charge in [-0.3, -0.25) is 4.79 Å². The summed E-state index contributed by atoms with van der Waals surface area (Å²) in [5.41, 5.74) is 2.00. The molecule has 0 aromatic heterocycles. The van der Waals surface area contributed by atoms with Crippen LogP contribution in [0.3, 0.4) is 0 Å². The van der Waals surface area contributed by atoms with Crippen LogP contribution in [-0.2, 0) is 11.2 Å². The highest BCUT2D eigenvalue weighted by Crippen LogP contribution is 2.16. The maximum absolute atomic E-state index is 12.1. The molecule has 0 atom stereocenters. The van der Waals surface area contributed by atoms with Crippen molar-refractivity contribution in [3.05, 3.63) is 29.8 Å². The van der Waals surface area contributed by atoms with Crippen LogP contribution in [0.2, 0.25) is 0 Å². The fourth-order valence-corrected chi connectivity index (χ4v) is 2.18. The molecule has 5 nitrogen and oxygen atoms in total. The summed E-state index contributed by atoms with van der Waals surface area (Å²) in [4.78, 5) is 26.2. The molecule has 1 aromatic carbocycles. The van der Waals surface area contributed by atoms with E-state index < -0.39 is 0 Å². The van der Waals surface area contributed by atoms with E-state index in [1.54, 1.807) is 9.80 Å². The van der Waals surface area contributed by atoms with Crippen LogP contribution in [0.4, 0.5) is 10.5 Å². The molecule has 1 fully saturated rings. The quantitative estimate of drug-likeness (QED) is 0.839. The average molecular weight is 261 g/mol. The zero-order valence-corrected chi connectivity index (χ0v) is 11.1. The highest BCUT2D eigenvalue weighted by molar-refractivity contribution is 5.90. The Labute approximate surface area is 113 Å².